The van der Waals surface area contributed by atoms with E-state index >= 15 is 0 Å². The maximum Gasteiger partial charge on any atom is 0.410 e. The lowest BCUT2D eigenvalue weighted by atomic mass is 10.3. The van der Waals surface area contributed by atoms with Gasteiger partial charge in [-0.15, -0.1) is 0 Å². The summed E-state index contributed by atoms with van der Waals surface area (Å²) >= 11 is 0. The van der Waals surface area contributed by atoms with E-state index < -0.39 is 0 Å². The maximum atomic E-state index is 10.5. The number of carbonyl (C=O) groups is 1. The molecule has 44 valence electrons. The SMILES string of the molecule is C[C@H]1OC(=O)N2C[C@H]12. The van der Waals surface area contributed by atoms with Crippen LogP contribution in [0.2, 0.25) is 0 Å². The number of fused-ring (bicyclic) bond motifs is 1. The monoisotopic (exact) mass is 113 g/mol. The Kier molecular flexibility index (Phi) is 0.517. The normalized spacial score (nSPS) is 41.6. The summed E-state index contributed by atoms with van der Waals surface area (Å²) in [6.45, 7) is 2.84. The van der Waals surface area contributed by atoms with Crippen molar-refractivity contribution in [2.75, 3.05) is 6.54 Å². The van der Waals surface area contributed by atoms with Gasteiger partial charge in [-0.3, -0.25) is 4.90 Å². The van der Waals surface area contributed by atoms with Crippen LogP contribution < -0.4 is 0 Å². The van der Waals surface area contributed by atoms with Crippen molar-refractivity contribution in [1.29, 1.82) is 0 Å². The molecule has 0 radical (unpaired) electrons. The molecular weight excluding hydrogens is 106 g/mol. The number of ether oxygens (including phenoxy) is 1. The fourth-order valence-corrected chi connectivity index (χ4v) is 1.07. The number of hydrogen-bond acceptors (Lipinski definition) is 2. The molecule has 8 heavy (non-hydrogen) atoms. The van der Waals surface area contributed by atoms with Crippen molar-refractivity contribution in [2.45, 2.75) is 19.1 Å². The van der Waals surface area contributed by atoms with Gasteiger partial charge in [-0.2, -0.15) is 0 Å². The Bertz CT molecular complexity index is 145. The van der Waals surface area contributed by atoms with Crippen LogP contribution in [0.3, 0.4) is 0 Å². The summed E-state index contributed by atoms with van der Waals surface area (Å²) in [5.41, 5.74) is 0. The van der Waals surface area contributed by atoms with Crippen LogP contribution in [0.1, 0.15) is 6.92 Å². The Morgan fingerprint density at radius 2 is 2.62 bits per heavy atom. The van der Waals surface area contributed by atoms with E-state index in [4.69, 9.17) is 4.74 Å². The molecule has 0 aromatic carbocycles. The fraction of sp³-hybridized carbons (Fsp3) is 0.800. The molecular formula is C5H7NO2. The van der Waals surface area contributed by atoms with Gasteiger partial charge in [0.15, 0.2) is 0 Å². The van der Waals surface area contributed by atoms with Crippen LogP contribution in [0.15, 0.2) is 0 Å². The molecule has 2 heterocycles. The highest BCUT2D eigenvalue weighted by atomic mass is 16.6. The quantitative estimate of drug-likeness (QED) is 0.420. The molecule has 0 aliphatic carbocycles. The highest BCUT2D eigenvalue weighted by Crippen LogP contribution is 2.30. The highest BCUT2D eigenvalue weighted by Gasteiger charge is 2.51. The average Bonchev–Trinajstić information content (AvgIpc) is 2.35. The molecule has 2 fully saturated rings. The predicted molar refractivity (Wildman–Crippen MR) is 26.4 cm³/mol. The Morgan fingerprint density at radius 3 is 2.75 bits per heavy atom. The third-order valence-corrected chi connectivity index (χ3v) is 1.71. The molecule has 0 unspecified atom stereocenters. The summed E-state index contributed by atoms with van der Waals surface area (Å²) in [5.74, 6) is 0. The zero-order chi connectivity index (χ0) is 5.72. The van der Waals surface area contributed by atoms with Gasteiger partial charge in [0.1, 0.15) is 6.10 Å². The van der Waals surface area contributed by atoms with Gasteiger partial charge in [0.05, 0.1) is 6.04 Å². The van der Waals surface area contributed by atoms with Gasteiger partial charge in [0, 0.05) is 6.54 Å². The average molecular weight is 113 g/mol. The summed E-state index contributed by atoms with van der Waals surface area (Å²) in [6.07, 6.45) is 0.00463. The molecule has 0 aromatic heterocycles. The van der Waals surface area contributed by atoms with E-state index in [0.29, 0.717) is 6.04 Å². The zero-order valence-electron chi connectivity index (χ0n) is 4.63. The number of nitrogens with zero attached hydrogens (tertiary/aromatic N) is 1. The molecule has 0 saturated carbocycles. The summed E-state index contributed by atoms with van der Waals surface area (Å²) in [6, 6.07) is 0.419. The lowest BCUT2D eigenvalue weighted by molar-refractivity contribution is 0.130. The maximum absolute atomic E-state index is 10.5. The lowest BCUT2D eigenvalue weighted by Crippen LogP contribution is -2.11. The van der Waals surface area contributed by atoms with Gasteiger partial charge in [0.25, 0.3) is 0 Å². The van der Waals surface area contributed by atoms with Crippen molar-refractivity contribution in [3.8, 4) is 0 Å². The van der Waals surface area contributed by atoms with Crippen molar-refractivity contribution in [2.24, 2.45) is 0 Å². The zero-order valence-corrected chi connectivity index (χ0v) is 4.63. The van der Waals surface area contributed by atoms with Crippen LogP contribution in [-0.4, -0.2) is 29.7 Å². The minimum atomic E-state index is -0.137. The summed E-state index contributed by atoms with van der Waals surface area (Å²) in [4.78, 5) is 12.3. The largest absolute Gasteiger partial charge is 0.444 e. The van der Waals surface area contributed by atoms with E-state index in [-0.39, 0.29) is 12.2 Å². The van der Waals surface area contributed by atoms with Gasteiger partial charge in [0.2, 0.25) is 0 Å². The van der Waals surface area contributed by atoms with E-state index in [2.05, 4.69) is 0 Å². The third kappa shape index (κ3) is 0.322. The first kappa shape index (κ1) is 4.18. The van der Waals surface area contributed by atoms with Crippen molar-refractivity contribution in [3.05, 3.63) is 0 Å². The first-order valence-electron chi connectivity index (χ1n) is 2.76. The topological polar surface area (TPSA) is 29.3 Å². The number of hydrogen-bond donors (Lipinski definition) is 0. The second kappa shape index (κ2) is 0.989. The Labute approximate surface area is 47.2 Å². The van der Waals surface area contributed by atoms with Gasteiger partial charge in [-0.05, 0) is 6.92 Å². The Hall–Kier alpha value is -0.730. The van der Waals surface area contributed by atoms with Crippen molar-refractivity contribution >= 4 is 6.09 Å². The first-order chi connectivity index (χ1) is 3.79. The number of cyclic esters (lactones) is 1. The molecule has 3 nitrogen and oxygen atoms in total. The lowest BCUT2D eigenvalue weighted by Gasteiger charge is -1.99. The van der Waals surface area contributed by atoms with Gasteiger partial charge < -0.3 is 4.74 Å². The first-order valence-corrected chi connectivity index (χ1v) is 2.76. The summed E-state index contributed by atoms with van der Waals surface area (Å²) in [5, 5.41) is 0. The van der Waals surface area contributed by atoms with Crippen LogP contribution in [-0.2, 0) is 4.74 Å². The smallest absolute Gasteiger partial charge is 0.410 e. The molecule has 0 N–H and O–H groups in total. The summed E-state index contributed by atoms with van der Waals surface area (Å²) < 4.78 is 4.81. The number of amides is 1. The second-order valence-electron chi connectivity index (χ2n) is 2.31. The third-order valence-electron chi connectivity index (χ3n) is 1.71. The van der Waals surface area contributed by atoms with E-state index in [1.165, 1.54) is 0 Å². The standard InChI is InChI=1S/C5H7NO2/c1-3-4-2-6(4)5(7)8-3/h3-4H,2H2,1H3/t3-,4-,6?/m1/s1. The molecule has 1 amide bonds. The number of carbonyl (C=O) groups excluding carboxylic acids is 1. The molecule has 2 saturated heterocycles. The van der Waals surface area contributed by atoms with E-state index in [0.717, 1.165) is 6.54 Å². The summed E-state index contributed by atoms with van der Waals surface area (Å²) in [7, 11) is 0. The molecule has 2 atom stereocenters. The molecule has 0 aromatic rings. The predicted octanol–water partition coefficient (Wildman–Crippen LogP) is 0.209. The second-order valence-corrected chi connectivity index (χ2v) is 2.31. The van der Waals surface area contributed by atoms with Crippen molar-refractivity contribution in [1.82, 2.24) is 4.90 Å². The minimum Gasteiger partial charge on any atom is -0.444 e. The van der Waals surface area contributed by atoms with E-state index in [9.17, 15) is 4.79 Å². The van der Waals surface area contributed by atoms with Crippen molar-refractivity contribution < 1.29 is 9.53 Å². The number of rotatable bonds is 0. The van der Waals surface area contributed by atoms with Crippen LogP contribution in [0.4, 0.5) is 4.79 Å². The fourth-order valence-electron chi connectivity index (χ4n) is 1.07. The Morgan fingerprint density at radius 1 is 1.88 bits per heavy atom. The van der Waals surface area contributed by atoms with Gasteiger partial charge in [-0.25, -0.2) is 4.79 Å². The minimum absolute atomic E-state index is 0.137. The van der Waals surface area contributed by atoms with Gasteiger partial charge in [-0.1, -0.05) is 0 Å². The molecule has 2 rings (SSSR count). The van der Waals surface area contributed by atoms with Gasteiger partial charge >= 0.3 is 6.09 Å². The van der Waals surface area contributed by atoms with Crippen molar-refractivity contribution in [3.63, 3.8) is 0 Å². The van der Waals surface area contributed by atoms with Crippen LogP contribution in [0, 0.1) is 0 Å². The van der Waals surface area contributed by atoms with Crippen LogP contribution >= 0.6 is 0 Å². The van der Waals surface area contributed by atoms with E-state index in [1.807, 2.05) is 6.92 Å². The molecule has 3 heteroatoms. The van der Waals surface area contributed by atoms with E-state index in [1.54, 1.807) is 4.90 Å². The van der Waals surface area contributed by atoms with Crippen LogP contribution in [0.25, 0.3) is 0 Å². The molecule has 2 aliphatic rings. The highest BCUT2D eigenvalue weighted by molar-refractivity contribution is 5.74. The van der Waals surface area contributed by atoms with Crippen LogP contribution in [0.5, 0.6) is 0 Å². The molecule has 0 spiro atoms. The molecule has 0 bridgehead atoms. The molecule has 2 aliphatic heterocycles. The Balaban J connectivity index is 2.19.